The Balaban J connectivity index is 1.72. The van der Waals surface area contributed by atoms with Gasteiger partial charge in [-0.05, 0) is 173 Å². The number of hydrogen-bond acceptors (Lipinski definition) is 1. The molecule has 0 unspecified atom stereocenters. The minimum absolute atomic E-state index is 0.932. The van der Waals surface area contributed by atoms with Crippen LogP contribution in [0, 0.1) is 55.4 Å². The number of fused-ring (bicyclic) bond motifs is 6. The molecule has 0 saturated carbocycles. The molecule has 0 atom stereocenters. The highest BCUT2D eigenvalue weighted by Crippen LogP contribution is 2.52. The molecule has 8 aromatic rings. The van der Waals surface area contributed by atoms with Gasteiger partial charge in [-0.15, -0.1) is 0 Å². The molecular formula is C44H38O. The summed E-state index contributed by atoms with van der Waals surface area (Å²) >= 11 is 0. The fraction of sp³-hybridized carbons (Fsp3) is 0.182. The zero-order valence-electron chi connectivity index (χ0n) is 27.5. The molecule has 1 aromatic heterocycles. The topological polar surface area (TPSA) is 13.1 Å². The molecule has 0 radical (unpaired) electrons. The van der Waals surface area contributed by atoms with Crippen LogP contribution >= 0.6 is 0 Å². The van der Waals surface area contributed by atoms with Gasteiger partial charge >= 0.3 is 0 Å². The Labute approximate surface area is 265 Å². The van der Waals surface area contributed by atoms with Crippen molar-refractivity contribution >= 4 is 54.3 Å². The summed E-state index contributed by atoms with van der Waals surface area (Å²) < 4.78 is 6.47. The first kappa shape index (κ1) is 27.7. The fourth-order valence-electron chi connectivity index (χ4n) is 8.01. The monoisotopic (exact) mass is 582 g/mol. The molecule has 0 spiro atoms. The first-order valence-electron chi connectivity index (χ1n) is 16.0. The lowest BCUT2D eigenvalue weighted by Crippen LogP contribution is -2.03. The molecule has 0 amide bonds. The third-order valence-electron chi connectivity index (χ3n) is 11.1. The maximum Gasteiger partial charge on any atom is 0.136 e. The van der Waals surface area contributed by atoms with Crippen LogP contribution < -0.4 is 0 Å². The SMILES string of the molecule is Cc1c(C)c(C)c2c(-c3cccc4oc5ccccc5c34)c3c(C)c(C)c(C)c(C)c3c(-c3ccc4ccccc4c3)c2c1C. The minimum atomic E-state index is 0.932. The van der Waals surface area contributed by atoms with Crippen LogP contribution in [0.2, 0.25) is 0 Å². The van der Waals surface area contributed by atoms with Crippen LogP contribution in [-0.4, -0.2) is 0 Å². The van der Waals surface area contributed by atoms with Crippen LogP contribution in [0.15, 0.2) is 89.3 Å². The van der Waals surface area contributed by atoms with Crippen LogP contribution in [0.3, 0.4) is 0 Å². The second kappa shape index (κ2) is 9.81. The zero-order valence-corrected chi connectivity index (χ0v) is 27.5. The van der Waals surface area contributed by atoms with E-state index in [0.717, 1.165) is 11.2 Å². The summed E-state index contributed by atoms with van der Waals surface area (Å²) in [6.45, 7) is 18.5. The molecule has 1 nitrogen and oxygen atoms in total. The average molecular weight is 583 g/mol. The Hall–Kier alpha value is -4.88. The van der Waals surface area contributed by atoms with Crippen molar-refractivity contribution in [2.24, 2.45) is 0 Å². The molecule has 7 aromatic carbocycles. The normalized spacial score (nSPS) is 12.0. The van der Waals surface area contributed by atoms with Crippen molar-refractivity contribution < 1.29 is 4.42 Å². The smallest absolute Gasteiger partial charge is 0.136 e. The number of hydrogen-bond donors (Lipinski definition) is 0. The summed E-state index contributed by atoms with van der Waals surface area (Å²) in [5.74, 6) is 0. The summed E-state index contributed by atoms with van der Waals surface area (Å²) in [4.78, 5) is 0. The Morgan fingerprint density at radius 1 is 0.378 bits per heavy atom. The van der Waals surface area contributed by atoms with Crippen LogP contribution in [-0.2, 0) is 0 Å². The summed E-state index contributed by atoms with van der Waals surface area (Å²) in [6.07, 6.45) is 0. The van der Waals surface area contributed by atoms with E-state index in [1.165, 1.54) is 110 Å². The molecule has 0 aliphatic heterocycles. The van der Waals surface area contributed by atoms with Crippen LogP contribution in [0.1, 0.15) is 44.5 Å². The van der Waals surface area contributed by atoms with Crippen molar-refractivity contribution in [2.75, 3.05) is 0 Å². The van der Waals surface area contributed by atoms with Gasteiger partial charge in [-0.3, -0.25) is 0 Å². The van der Waals surface area contributed by atoms with Gasteiger partial charge < -0.3 is 4.42 Å². The first-order chi connectivity index (χ1) is 21.7. The molecule has 0 saturated heterocycles. The molecule has 45 heavy (non-hydrogen) atoms. The average Bonchev–Trinajstić information content (AvgIpc) is 3.45. The molecule has 0 bridgehead atoms. The van der Waals surface area contributed by atoms with Crippen LogP contribution in [0.5, 0.6) is 0 Å². The van der Waals surface area contributed by atoms with Crippen molar-refractivity contribution in [3.8, 4) is 22.3 Å². The van der Waals surface area contributed by atoms with Crippen molar-refractivity contribution in [3.05, 3.63) is 129 Å². The maximum absolute atomic E-state index is 6.47. The molecule has 1 heteroatoms. The molecule has 1 heterocycles. The molecule has 8 rings (SSSR count). The number of para-hydroxylation sites is 1. The van der Waals surface area contributed by atoms with Gasteiger partial charge in [0.1, 0.15) is 11.2 Å². The van der Waals surface area contributed by atoms with Gasteiger partial charge in [0.05, 0.1) is 0 Å². The van der Waals surface area contributed by atoms with E-state index in [-0.39, 0.29) is 0 Å². The summed E-state index contributed by atoms with van der Waals surface area (Å²) in [6, 6.07) is 30.8. The Bertz CT molecular complexity index is 2470. The summed E-state index contributed by atoms with van der Waals surface area (Å²) in [5.41, 5.74) is 18.0. The fourth-order valence-corrected chi connectivity index (χ4v) is 8.01. The van der Waals surface area contributed by atoms with Gasteiger partial charge in [0, 0.05) is 10.8 Å². The minimum Gasteiger partial charge on any atom is -0.456 e. The van der Waals surface area contributed by atoms with E-state index in [0.29, 0.717) is 0 Å². The molecule has 0 aliphatic carbocycles. The second-order valence-corrected chi connectivity index (χ2v) is 13.1. The van der Waals surface area contributed by atoms with E-state index in [4.69, 9.17) is 4.42 Å². The van der Waals surface area contributed by atoms with Gasteiger partial charge in [0.2, 0.25) is 0 Å². The molecule has 220 valence electrons. The van der Waals surface area contributed by atoms with E-state index >= 15 is 0 Å². The van der Waals surface area contributed by atoms with Crippen molar-refractivity contribution in [3.63, 3.8) is 0 Å². The predicted octanol–water partition coefficient (Wildman–Crippen LogP) is 12.8. The predicted molar refractivity (Wildman–Crippen MR) is 195 cm³/mol. The summed E-state index contributed by atoms with van der Waals surface area (Å²) in [5, 5.41) is 10.3. The number of benzene rings is 7. The summed E-state index contributed by atoms with van der Waals surface area (Å²) in [7, 11) is 0. The van der Waals surface area contributed by atoms with Gasteiger partial charge in [-0.1, -0.05) is 66.7 Å². The van der Waals surface area contributed by atoms with E-state index in [1.807, 2.05) is 0 Å². The Morgan fingerprint density at radius 2 is 0.889 bits per heavy atom. The lowest BCUT2D eigenvalue weighted by atomic mass is 9.76. The van der Waals surface area contributed by atoms with Gasteiger partial charge in [-0.25, -0.2) is 0 Å². The third-order valence-corrected chi connectivity index (χ3v) is 11.1. The highest BCUT2D eigenvalue weighted by molar-refractivity contribution is 6.28. The van der Waals surface area contributed by atoms with Gasteiger partial charge in [0.25, 0.3) is 0 Å². The Morgan fingerprint density at radius 3 is 1.51 bits per heavy atom. The number of aryl methyl sites for hydroxylation is 4. The highest BCUT2D eigenvalue weighted by Gasteiger charge is 2.27. The van der Waals surface area contributed by atoms with Gasteiger partial charge in [-0.2, -0.15) is 0 Å². The molecular weight excluding hydrogens is 544 g/mol. The van der Waals surface area contributed by atoms with Crippen molar-refractivity contribution in [1.29, 1.82) is 0 Å². The second-order valence-electron chi connectivity index (χ2n) is 13.1. The van der Waals surface area contributed by atoms with E-state index in [2.05, 4.69) is 140 Å². The highest BCUT2D eigenvalue weighted by atomic mass is 16.3. The first-order valence-corrected chi connectivity index (χ1v) is 16.0. The van der Waals surface area contributed by atoms with Crippen LogP contribution in [0.25, 0.3) is 76.5 Å². The number of furan rings is 1. The lowest BCUT2D eigenvalue weighted by Gasteiger charge is -2.27. The third kappa shape index (κ3) is 3.74. The van der Waals surface area contributed by atoms with Gasteiger partial charge in [0.15, 0.2) is 0 Å². The molecule has 0 fully saturated rings. The number of rotatable bonds is 2. The van der Waals surface area contributed by atoms with E-state index in [9.17, 15) is 0 Å². The van der Waals surface area contributed by atoms with Crippen molar-refractivity contribution in [2.45, 2.75) is 55.4 Å². The molecule has 0 aliphatic rings. The van der Waals surface area contributed by atoms with Crippen molar-refractivity contribution in [1.82, 2.24) is 0 Å². The van der Waals surface area contributed by atoms with Crippen LogP contribution in [0.4, 0.5) is 0 Å². The molecule has 0 N–H and O–H groups in total. The van der Waals surface area contributed by atoms with E-state index in [1.54, 1.807) is 0 Å². The van der Waals surface area contributed by atoms with E-state index < -0.39 is 0 Å². The zero-order chi connectivity index (χ0) is 31.3. The lowest BCUT2D eigenvalue weighted by molar-refractivity contribution is 0.669. The maximum atomic E-state index is 6.47. The quantitative estimate of drug-likeness (QED) is 0.185. The largest absolute Gasteiger partial charge is 0.456 e. The standard InChI is InChI=1S/C44H38O/c1-23-25(3)29(7)40-38(27(23)5)42(33-21-20-31-14-9-10-15-32(31)22-33)39-28(6)24(2)26(4)30(8)41(39)44(40)35-17-13-19-37-43(35)34-16-11-12-18-36(34)45-37/h9-22H,1-8H3. The Kier molecular flexibility index (Phi) is 6.03.